The van der Waals surface area contributed by atoms with E-state index in [4.69, 9.17) is 0 Å². The lowest BCUT2D eigenvalue weighted by atomic mass is 10.1. The molecule has 2 aromatic rings. The lowest BCUT2D eigenvalue weighted by molar-refractivity contribution is 0.193. The van der Waals surface area contributed by atoms with E-state index in [1.807, 2.05) is 57.4 Å². The van der Waals surface area contributed by atoms with E-state index in [2.05, 4.69) is 20.4 Å². The van der Waals surface area contributed by atoms with Crippen molar-refractivity contribution in [3.05, 3.63) is 42.1 Å². The van der Waals surface area contributed by atoms with Gasteiger partial charge in [0, 0.05) is 19.2 Å². The predicted molar refractivity (Wildman–Crippen MR) is 96.8 cm³/mol. The number of hydrogen-bond donors (Lipinski definition) is 2. The number of aromatic amines is 1. The number of nitrogens with one attached hydrogen (secondary N) is 2. The summed E-state index contributed by atoms with van der Waals surface area (Å²) in [7, 11) is 5.85. The quantitative estimate of drug-likeness (QED) is 0.768. The lowest BCUT2D eigenvalue weighted by Crippen LogP contribution is -2.39. The van der Waals surface area contributed by atoms with E-state index < -0.39 is 0 Å². The van der Waals surface area contributed by atoms with Crippen LogP contribution in [0.1, 0.15) is 25.1 Å². The van der Waals surface area contributed by atoms with Gasteiger partial charge in [-0.2, -0.15) is 5.10 Å². The number of carbonyl (C=O) groups excluding carboxylic acids is 1. The molecule has 0 fully saturated rings. The minimum Gasteiger partial charge on any atom is -0.338 e. The standard InChI is InChI=1S/C18H27N5O/c1-14(23(4)18(24)19-11-8-12-22(2)3)16-13-17(21-20-16)15-9-6-5-7-10-15/h5-7,9-10,13-14H,8,11-12H2,1-4H3,(H,19,24)(H,20,21)/t14-/m0/s1. The first-order valence-corrected chi connectivity index (χ1v) is 8.25. The summed E-state index contributed by atoms with van der Waals surface area (Å²) < 4.78 is 0. The van der Waals surface area contributed by atoms with Crippen molar-refractivity contribution in [2.75, 3.05) is 34.2 Å². The molecule has 0 unspecified atom stereocenters. The molecule has 6 heteroatoms. The largest absolute Gasteiger partial charge is 0.338 e. The fourth-order valence-electron chi connectivity index (χ4n) is 2.41. The molecule has 1 heterocycles. The molecule has 0 aliphatic heterocycles. The van der Waals surface area contributed by atoms with E-state index in [1.165, 1.54) is 0 Å². The molecular formula is C18H27N5O. The van der Waals surface area contributed by atoms with Crippen LogP contribution in [0.15, 0.2) is 36.4 Å². The maximum absolute atomic E-state index is 12.2. The van der Waals surface area contributed by atoms with Crippen LogP contribution in [-0.2, 0) is 0 Å². The van der Waals surface area contributed by atoms with Gasteiger partial charge in [-0.3, -0.25) is 5.10 Å². The van der Waals surface area contributed by atoms with Crippen molar-refractivity contribution < 1.29 is 4.79 Å². The van der Waals surface area contributed by atoms with Gasteiger partial charge in [-0.05, 0) is 40.1 Å². The number of nitrogens with zero attached hydrogens (tertiary/aromatic N) is 3. The highest BCUT2D eigenvalue weighted by Crippen LogP contribution is 2.22. The third-order valence-electron chi connectivity index (χ3n) is 4.08. The second-order valence-electron chi connectivity index (χ2n) is 6.25. The minimum absolute atomic E-state index is 0.0721. The molecule has 0 bridgehead atoms. The Labute approximate surface area is 143 Å². The highest BCUT2D eigenvalue weighted by atomic mass is 16.2. The van der Waals surface area contributed by atoms with Crippen LogP contribution in [0.3, 0.4) is 0 Å². The molecule has 0 saturated carbocycles. The van der Waals surface area contributed by atoms with Crippen LogP contribution in [-0.4, -0.2) is 60.3 Å². The Morgan fingerprint density at radius 1 is 1.25 bits per heavy atom. The van der Waals surface area contributed by atoms with Crippen LogP contribution in [0, 0.1) is 0 Å². The number of hydrogen-bond acceptors (Lipinski definition) is 3. The molecule has 0 spiro atoms. The average Bonchev–Trinajstić information content (AvgIpc) is 3.08. The van der Waals surface area contributed by atoms with Gasteiger partial charge in [0.25, 0.3) is 0 Å². The zero-order chi connectivity index (χ0) is 17.5. The first kappa shape index (κ1) is 18.0. The topological polar surface area (TPSA) is 64.3 Å². The molecule has 0 radical (unpaired) electrons. The number of urea groups is 1. The Hall–Kier alpha value is -2.34. The van der Waals surface area contributed by atoms with Crippen molar-refractivity contribution in [2.45, 2.75) is 19.4 Å². The predicted octanol–water partition coefficient (Wildman–Crippen LogP) is 2.73. The Morgan fingerprint density at radius 2 is 1.96 bits per heavy atom. The first-order valence-electron chi connectivity index (χ1n) is 8.25. The van der Waals surface area contributed by atoms with Crippen molar-refractivity contribution in [3.63, 3.8) is 0 Å². The van der Waals surface area contributed by atoms with Gasteiger partial charge >= 0.3 is 6.03 Å². The second-order valence-corrected chi connectivity index (χ2v) is 6.25. The summed E-state index contributed by atoms with van der Waals surface area (Å²) in [5.41, 5.74) is 2.86. The molecule has 6 nitrogen and oxygen atoms in total. The zero-order valence-electron chi connectivity index (χ0n) is 14.9. The van der Waals surface area contributed by atoms with Gasteiger partial charge in [-0.15, -0.1) is 0 Å². The van der Waals surface area contributed by atoms with Crippen molar-refractivity contribution in [1.82, 2.24) is 25.3 Å². The number of H-pyrrole nitrogens is 1. The van der Waals surface area contributed by atoms with E-state index in [0.29, 0.717) is 6.54 Å². The normalized spacial score (nSPS) is 12.2. The SMILES string of the molecule is C[C@@H](c1cc(-c2ccccc2)n[nH]1)N(C)C(=O)NCCCN(C)C. The van der Waals surface area contributed by atoms with Crippen LogP contribution in [0.25, 0.3) is 11.3 Å². The fourth-order valence-corrected chi connectivity index (χ4v) is 2.41. The fraction of sp³-hybridized carbons (Fsp3) is 0.444. The van der Waals surface area contributed by atoms with Crippen molar-refractivity contribution >= 4 is 6.03 Å². The summed E-state index contributed by atoms with van der Waals surface area (Å²) in [5.74, 6) is 0. The summed E-state index contributed by atoms with van der Waals surface area (Å²) in [4.78, 5) is 16.0. The molecule has 130 valence electrons. The highest BCUT2D eigenvalue weighted by Gasteiger charge is 2.19. The van der Waals surface area contributed by atoms with Crippen LogP contribution >= 0.6 is 0 Å². The number of rotatable bonds is 7. The first-order chi connectivity index (χ1) is 11.5. The summed E-state index contributed by atoms with van der Waals surface area (Å²) in [6.45, 7) is 3.62. The molecule has 1 aromatic carbocycles. The van der Waals surface area contributed by atoms with E-state index >= 15 is 0 Å². The molecular weight excluding hydrogens is 302 g/mol. The van der Waals surface area contributed by atoms with Gasteiger partial charge in [0.2, 0.25) is 0 Å². The summed E-state index contributed by atoms with van der Waals surface area (Å²) in [6.07, 6.45) is 0.934. The smallest absolute Gasteiger partial charge is 0.317 e. The van der Waals surface area contributed by atoms with E-state index in [0.717, 1.165) is 29.9 Å². The minimum atomic E-state index is -0.0798. The lowest BCUT2D eigenvalue weighted by Gasteiger charge is -2.24. The molecule has 24 heavy (non-hydrogen) atoms. The molecule has 2 amide bonds. The third-order valence-corrected chi connectivity index (χ3v) is 4.08. The Balaban J connectivity index is 1.92. The van der Waals surface area contributed by atoms with Crippen LogP contribution in [0.4, 0.5) is 4.79 Å². The number of amides is 2. The molecule has 2 N–H and O–H groups in total. The molecule has 0 saturated heterocycles. The molecule has 0 aliphatic carbocycles. The van der Waals surface area contributed by atoms with Crippen LogP contribution in [0.5, 0.6) is 0 Å². The van der Waals surface area contributed by atoms with Crippen molar-refractivity contribution in [1.29, 1.82) is 0 Å². The molecule has 2 rings (SSSR count). The maximum Gasteiger partial charge on any atom is 0.317 e. The number of benzene rings is 1. The summed E-state index contributed by atoms with van der Waals surface area (Å²) in [5, 5.41) is 10.4. The molecule has 1 atom stereocenters. The van der Waals surface area contributed by atoms with Crippen LogP contribution in [0.2, 0.25) is 0 Å². The summed E-state index contributed by atoms with van der Waals surface area (Å²) in [6, 6.07) is 11.8. The van der Waals surface area contributed by atoms with E-state index in [9.17, 15) is 4.79 Å². The third kappa shape index (κ3) is 4.83. The second kappa shape index (κ2) is 8.49. The van der Waals surface area contributed by atoms with Gasteiger partial charge in [0.05, 0.1) is 17.4 Å². The average molecular weight is 329 g/mol. The van der Waals surface area contributed by atoms with E-state index in [-0.39, 0.29) is 12.1 Å². The van der Waals surface area contributed by atoms with Crippen molar-refractivity contribution in [3.8, 4) is 11.3 Å². The van der Waals surface area contributed by atoms with Gasteiger partial charge < -0.3 is 15.1 Å². The summed E-state index contributed by atoms with van der Waals surface area (Å²) >= 11 is 0. The zero-order valence-corrected chi connectivity index (χ0v) is 14.9. The highest BCUT2D eigenvalue weighted by molar-refractivity contribution is 5.74. The number of aromatic nitrogens is 2. The maximum atomic E-state index is 12.2. The molecule has 0 aliphatic rings. The van der Waals surface area contributed by atoms with Crippen LogP contribution < -0.4 is 5.32 Å². The number of carbonyl (C=O) groups is 1. The Morgan fingerprint density at radius 3 is 2.62 bits per heavy atom. The van der Waals surface area contributed by atoms with Gasteiger partial charge in [0.1, 0.15) is 0 Å². The van der Waals surface area contributed by atoms with Crippen molar-refractivity contribution in [2.24, 2.45) is 0 Å². The van der Waals surface area contributed by atoms with E-state index in [1.54, 1.807) is 11.9 Å². The Kier molecular flexibility index (Phi) is 6.37. The Bertz CT molecular complexity index is 638. The molecule has 1 aromatic heterocycles. The van der Waals surface area contributed by atoms with Gasteiger partial charge in [-0.25, -0.2) is 4.79 Å². The van der Waals surface area contributed by atoms with Gasteiger partial charge in [0.15, 0.2) is 0 Å². The monoisotopic (exact) mass is 329 g/mol. The van der Waals surface area contributed by atoms with Gasteiger partial charge in [-0.1, -0.05) is 30.3 Å².